The van der Waals surface area contributed by atoms with Crippen LogP contribution in [-0.2, 0) is 4.79 Å². The number of fused-ring (bicyclic) bond motifs is 1. The van der Waals surface area contributed by atoms with Crippen LogP contribution >= 0.6 is 0 Å². The highest BCUT2D eigenvalue weighted by atomic mass is 16.3. The predicted molar refractivity (Wildman–Crippen MR) is 92.9 cm³/mol. The van der Waals surface area contributed by atoms with Crippen molar-refractivity contribution in [3.8, 4) is 0 Å². The fourth-order valence-corrected chi connectivity index (χ4v) is 5.33. The number of aldehydes is 1. The van der Waals surface area contributed by atoms with E-state index in [1.54, 1.807) is 0 Å². The van der Waals surface area contributed by atoms with E-state index in [4.69, 9.17) is 5.11 Å². The van der Waals surface area contributed by atoms with Crippen LogP contribution in [-0.4, -0.2) is 29.2 Å². The molecule has 0 bridgehead atoms. The Morgan fingerprint density at radius 2 is 2.09 bits per heavy atom. The van der Waals surface area contributed by atoms with Crippen molar-refractivity contribution in [1.29, 1.82) is 0 Å². The van der Waals surface area contributed by atoms with Gasteiger partial charge < -0.3 is 10.2 Å². The maximum absolute atomic E-state index is 11.2. The number of carbonyl (C=O) groups excluding carboxylic acids is 1. The van der Waals surface area contributed by atoms with Gasteiger partial charge in [0.2, 0.25) is 0 Å². The average Bonchev–Trinajstić information content (AvgIpc) is 2.48. The smallest absolute Gasteiger partial charge is 0.148 e. The van der Waals surface area contributed by atoms with Gasteiger partial charge in [0.05, 0.1) is 6.61 Å². The lowest BCUT2D eigenvalue weighted by molar-refractivity contribution is -0.106. The molecule has 0 amide bonds. The molecule has 2 saturated carbocycles. The zero-order chi connectivity index (χ0) is 17.3. The molecule has 0 heterocycles. The van der Waals surface area contributed by atoms with Crippen LogP contribution in [0.15, 0.2) is 23.8 Å². The molecule has 0 aliphatic heterocycles. The van der Waals surface area contributed by atoms with Crippen molar-refractivity contribution < 1.29 is 15.0 Å². The fourth-order valence-electron chi connectivity index (χ4n) is 5.33. The summed E-state index contributed by atoms with van der Waals surface area (Å²) in [5.74, 6) is 1.02. The van der Waals surface area contributed by atoms with E-state index < -0.39 is 12.7 Å². The van der Waals surface area contributed by atoms with Crippen LogP contribution in [0.4, 0.5) is 0 Å². The van der Waals surface area contributed by atoms with E-state index in [-0.39, 0.29) is 5.41 Å². The predicted octanol–water partition coefficient (Wildman–Crippen LogP) is 3.65. The number of rotatable bonds is 5. The molecule has 3 nitrogen and oxygen atoms in total. The van der Waals surface area contributed by atoms with E-state index in [1.807, 2.05) is 6.08 Å². The lowest BCUT2D eigenvalue weighted by Gasteiger charge is -2.58. The lowest BCUT2D eigenvalue weighted by Crippen LogP contribution is -2.49. The van der Waals surface area contributed by atoms with E-state index in [0.717, 1.165) is 12.8 Å². The van der Waals surface area contributed by atoms with E-state index >= 15 is 0 Å². The van der Waals surface area contributed by atoms with Crippen LogP contribution in [0.25, 0.3) is 0 Å². The van der Waals surface area contributed by atoms with Gasteiger partial charge in [-0.2, -0.15) is 0 Å². The molecule has 0 unspecified atom stereocenters. The van der Waals surface area contributed by atoms with Crippen LogP contribution < -0.4 is 0 Å². The third-order valence-corrected chi connectivity index (χ3v) is 6.60. The van der Waals surface area contributed by atoms with Crippen LogP contribution in [0.2, 0.25) is 0 Å². The highest BCUT2D eigenvalue weighted by Crippen LogP contribution is 2.61. The summed E-state index contributed by atoms with van der Waals surface area (Å²) in [6, 6.07) is 0. The second-order valence-electron chi connectivity index (χ2n) is 8.41. The zero-order valence-corrected chi connectivity index (χ0v) is 14.8. The first kappa shape index (κ1) is 18.4. The monoisotopic (exact) mass is 320 g/mol. The largest absolute Gasteiger partial charge is 0.393 e. The Morgan fingerprint density at radius 3 is 2.70 bits per heavy atom. The highest BCUT2D eigenvalue weighted by molar-refractivity contribution is 5.74. The molecule has 130 valence electrons. The Morgan fingerprint density at radius 1 is 1.39 bits per heavy atom. The Labute approximate surface area is 140 Å². The molecular weight excluding hydrogens is 288 g/mol. The molecule has 0 aromatic rings. The molecule has 0 spiro atoms. The van der Waals surface area contributed by atoms with Gasteiger partial charge in [-0.1, -0.05) is 45.4 Å². The summed E-state index contributed by atoms with van der Waals surface area (Å²) >= 11 is 0. The van der Waals surface area contributed by atoms with Gasteiger partial charge in [0.15, 0.2) is 0 Å². The first-order chi connectivity index (χ1) is 10.8. The van der Waals surface area contributed by atoms with Gasteiger partial charge in [-0.05, 0) is 54.8 Å². The minimum Gasteiger partial charge on any atom is -0.393 e. The molecule has 4 atom stereocenters. The van der Waals surface area contributed by atoms with E-state index in [1.165, 1.54) is 31.3 Å². The van der Waals surface area contributed by atoms with Gasteiger partial charge in [0.1, 0.15) is 12.4 Å². The van der Waals surface area contributed by atoms with Crippen molar-refractivity contribution in [2.45, 2.75) is 65.4 Å². The molecular formula is C20H32O3. The molecule has 0 aromatic heterocycles. The van der Waals surface area contributed by atoms with E-state index in [0.29, 0.717) is 29.1 Å². The maximum Gasteiger partial charge on any atom is 0.148 e. The normalized spacial score (nSPS) is 35.5. The Bertz CT molecular complexity index is 491. The Hall–Kier alpha value is -0.930. The first-order valence-electron chi connectivity index (χ1n) is 8.88. The molecule has 2 aliphatic carbocycles. The van der Waals surface area contributed by atoms with Gasteiger partial charge in [-0.3, -0.25) is 4.79 Å². The molecule has 0 aromatic carbocycles. The summed E-state index contributed by atoms with van der Waals surface area (Å²) in [5.41, 5.74) is 2.14. The van der Waals surface area contributed by atoms with Crippen molar-refractivity contribution in [3.05, 3.63) is 23.8 Å². The number of allylic oxidation sites excluding steroid dienone is 2. The van der Waals surface area contributed by atoms with Crippen LogP contribution in [0, 0.1) is 22.7 Å². The minimum absolute atomic E-state index is 0.214. The van der Waals surface area contributed by atoms with Crippen LogP contribution in [0.3, 0.4) is 0 Å². The second kappa shape index (κ2) is 6.90. The molecule has 2 aliphatic rings. The second-order valence-corrected chi connectivity index (χ2v) is 8.41. The van der Waals surface area contributed by atoms with Crippen LogP contribution in [0.1, 0.15) is 59.3 Å². The molecule has 0 radical (unpaired) electrons. The number of aliphatic hydroxyl groups is 2. The van der Waals surface area contributed by atoms with Gasteiger partial charge in [0, 0.05) is 5.57 Å². The van der Waals surface area contributed by atoms with Crippen molar-refractivity contribution in [1.82, 2.24) is 0 Å². The van der Waals surface area contributed by atoms with Gasteiger partial charge in [0.25, 0.3) is 0 Å². The molecule has 2 rings (SSSR count). The fraction of sp³-hybridized carbons (Fsp3) is 0.750. The van der Waals surface area contributed by atoms with Crippen molar-refractivity contribution in [3.63, 3.8) is 0 Å². The number of carbonyl (C=O) groups is 1. The Kier molecular flexibility index (Phi) is 5.52. The first-order valence-corrected chi connectivity index (χ1v) is 8.88. The molecule has 0 saturated heterocycles. The van der Waals surface area contributed by atoms with Gasteiger partial charge in [-0.15, -0.1) is 0 Å². The standard InChI is InChI=1S/C20H32O3/c1-14-6-9-18-19(2,3)10-5-11-20(18,4)16(14)8-7-15(12-21)17(23)13-22/h7,12,16-18,22-23H,1,5-6,8-11,13H2,2-4H3/b15-7-/t16-,17+,18-,20+/m0/s1. The van der Waals surface area contributed by atoms with Crippen molar-refractivity contribution >= 4 is 6.29 Å². The minimum atomic E-state index is -1.07. The summed E-state index contributed by atoms with van der Waals surface area (Å²) in [4.78, 5) is 11.2. The van der Waals surface area contributed by atoms with Crippen LogP contribution in [0.5, 0.6) is 0 Å². The van der Waals surface area contributed by atoms with Crippen molar-refractivity contribution in [2.75, 3.05) is 6.61 Å². The molecule has 23 heavy (non-hydrogen) atoms. The third-order valence-electron chi connectivity index (χ3n) is 6.60. The number of hydrogen-bond acceptors (Lipinski definition) is 3. The summed E-state index contributed by atoms with van der Waals surface area (Å²) < 4.78 is 0. The zero-order valence-electron chi connectivity index (χ0n) is 14.8. The van der Waals surface area contributed by atoms with Gasteiger partial charge >= 0.3 is 0 Å². The van der Waals surface area contributed by atoms with E-state index in [9.17, 15) is 9.90 Å². The average molecular weight is 320 g/mol. The topological polar surface area (TPSA) is 57.5 Å². The lowest BCUT2D eigenvalue weighted by atomic mass is 9.47. The molecule has 2 N–H and O–H groups in total. The summed E-state index contributed by atoms with van der Waals surface area (Å²) in [5, 5.41) is 18.8. The molecule has 2 fully saturated rings. The third kappa shape index (κ3) is 3.46. The summed E-state index contributed by atoms with van der Waals surface area (Å²) in [6.07, 6.45) is 8.14. The summed E-state index contributed by atoms with van der Waals surface area (Å²) in [6.45, 7) is 11.1. The number of hydrogen-bond donors (Lipinski definition) is 2. The summed E-state index contributed by atoms with van der Waals surface area (Å²) in [7, 11) is 0. The SMILES string of the molecule is C=C1CC[C@H]2C(C)(C)CCC[C@]2(C)[C@H]1C/C=C(/C=O)[C@H](O)CO. The maximum atomic E-state index is 11.2. The van der Waals surface area contributed by atoms with E-state index in [2.05, 4.69) is 27.4 Å². The number of aliphatic hydroxyl groups excluding tert-OH is 2. The van der Waals surface area contributed by atoms with Crippen molar-refractivity contribution in [2.24, 2.45) is 22.7 Å². The quantitative estimate of drug-likeness (QED) is 0.462. The highest BCUT2D eigenvalue weighted by Gasteiger charge is 2.52. The Balaban J connectivity index is 2.26. The molecule has 3 heteroatoms. The van der Waals surface area contributed by atoms with Gasteiger partial charge in [-0.25, -0.2) is 0 Å².